The van der Waals surface area contributed by atoms with Crippen LogP contribution < -0.4 is 0 Å². The van der Waals surface area contributed by atoms with E-state index in [9.17, 15) is 0 Å². The molecule has 0 aliphatic carbocycles. The molecule has 0 bridgehead atoms. The van der Waals surface area contributed by atoms with Gasteiger partial charge in [0.1, 0.15) is 0 Å². The Bertz CT molecular complexity index is 298. The first-order valence-corrected chi connectivity index (χ1v) is 6.91. The van der Waals surface area contributed by atoms with Gasteiger partial charge in [-0.3, -0.25) is 4.68 Å². The van der Waals surface area contributed by atoms with Gasteiger partial charge >= 0.3 is 0 Å². The molecule has 1 aromatic heterocycles. The van der Waals surface area contributed by atoms with Crippen LogP contribution in [0, 0.1) is 0 Å². The van der Waals surface area contributed by atoms with E-state index in [0.717, 1.165) is 6.54 Å². The highest BCUT2D eigenvalue weighted by Gasteiger charge is 2.17. The van der Waals surface area contributed by atoms with Crippen LogP contribution in [0.2, 0.25) is 0 Å². The van der Waals surface area contributed by atoms with E-state index in [-0.39, 0.29) is 0 Å². The van der Waals surface area contributed by atoms with Gasteiger partial charge in [-0.1, -0.05) is 26.7 Å². The normalized spacial score (nSPS) is 15.4. The molecule has 0 spiro atoms. The van der Waals surface area contributed by atoms with Crippen molar-refractivity contribution >= 4 is 0 Å². The van der Waals surface area contributed by atoms with Crippen molar-refractivity contribution in [1.29, 1.82) is 0 Å². The Morgan fingerprint density at radius 2 is 2.00 bits per heavy atom. The minimum atomic E-state index is 0.702. The molecule has 2 nitrogen and oxygen atoms in total. The molecule has 0 fully saturated rings. The van der Waals surface area contributed by atoms with Crippen molar-refractivity contribution in [3.63, 3.8) is 0 Å². The predicted octanol–water partition coefficient (Wildman–Crippen LogP) is 3.90. The molecular weight excluding hydrogens is 196 g/mol. The van der Waals surface area contributed by atoms with Gasteiger partial charge in [0.05, 0.1) is 5.69 Å². The van der Waals surface area contributed by atoms with Crippen molar-refractivity contribution in [2.24, 2.45) is 0 Å². The topological polar surface area (TPSA) is 17.8 Å². The van der Waals surface area contributed by atoms with E-state index in [2.05, 4.69) is 24.6 Å². The largest absolute Gasteiger partial charge is 0.269 e. The molecular formula is C14H24N2. The summed E-state index contributed by atoms with van der Waals surface area (Å²) in [6.07, 6.45) is 9.02. The van der Waals surface area contributed by atoms with Gasteiger partial charge in [-0.25, -0.2) is 0 Å². The van der Waals surface area contributed by atoms with E-state index in [4.69, 9.17) is 5.10 Å². The fraction of sp³-hybridized carbons (Fsp3) is 0.786. The van der Waals surface area contributed by atoms with Gasteiger partial charge < -0.3 is 0 Å². The lowest BCUT2D eigenvalue weighted by Crippen LogP contribution is -2.11. The zero-order valence-corrected chi connectivity index (χ0v) is 10.7. The van der Waals surface area contributed by atoms with Crippen molar-refractivity contribution in [3.05, 3.63) is 17.5 Å². The summed E-state index contributed by atoms with van der Waals surface area (Å²) < 4.78 is 2.25. The van der Waals surface area contributed by atoms with Crippen LogP contribution in [0.5, 0.6) is 0 Å². The van der Waals surface area contributed by atoms with E-state index in [1.165, 1.54) is 56.3 Å². The molecule has 2 heterocycles. The van der Waals surface area contributed by atoms with Gasteiger partial charge in [-0.05, 0) is 38.2 Å². The van der Waals surface area contributed by atoms with Crippen LogP contribution in [0.3, 0.4) is 0 Å². The number of rotatable bonds is 5. The van der Waals surface area contributed by atoms with Gasteiger partial charge in [0, 0.05) is 18.2 Å². The lowest BCUT2D eigenvalue weighted by Gasteiger charge is -2.13. The molecule has 1 aromatic rings. The molecule has 16 heavy (non-hydrogen) atoms. The Labute approximate surface area is 99.0 Å². The SMILES string of the molecule is CCCC(CCC)c1cc2n(n1)CCCC2. The predicted molar refractivity (Wildman–Crippen MR) is 67.7 cm³/mol. The Hall–Kier alpha value is -0.790. The second kappa shape index (κ2) is 5.51. The molecule has 0 N–H and O–H groups in total. The average Bonchev–Trinajstić information content (AvgIpc) is 2.72. The molecule has 2 rings (SSSR count). The smallest absolute Gasteiger partial charge is 0.0658 e. The summed E-state index contributed by atoms with van der Waals surface area (Å²) >= 11 is 0. The quantitative estimate of drug-likeness (QED) is 0.735. The molecule has 0 amide bonds. The van der Waals surface area contributed by atoms with E-state index in [1.807, 2.05) is 0 Å². The zero-order chi connectivity index (χ0) is 11.4. The molecule has 0 atom stereocenters. The maximum absolute atomic E-state index is 4.80. The fourth-order valence-corrected chi connectivity index (χ4v) is 2.78. The summed E-state index contributed by atoms with van der Waals surface area (Å²) in [5.74, 6) is 0.702. The van der Waals surface area contributed by atoms with Crippen molar-refractivity contribution in [3.8, 4) is 0 Å². The van der Waals surface area contributed by atoms with Crippen LogP contribution in [0.15, 0.2) is 6.07 Å². The summed E-state index contributed by atoms with van der Waals surface area (Å²) in [5.41, 5.74) is 2.83. The maximum Gasteiger partial charge on any atom is 0.0658 e. The standard InChI is InChI=1S/C14H24N2/c1-3-7-12(8-4-2)14-11-13-9-5-6-10-16(13)15-14/h11-12H,3-10H2,1-2H3. The number of hydrogen-bond donors (Lipinski definition) is 0. The Morgan fingerprint density at radius 1 is 1.25 bits per heavy atom. The highest BCUT2D eigenvalue weighted by Crippen LogP contribution is 2.27. The minimum absolute atomic E-state index is 0.702. The molecule has 90 valence electrons. The van der Waals surface area contributed by atoms with E-state index in [0.29, 0.717) is 5.92 Å². The third kappa shape index (κ3) is 2.47. The third-order valence-electron chi connectivity index (χ3n) is 3.63. The van der Waals surface area contributed by atoms with Crippen LogP contribution in [0.1, 0.15) is 69.7 Å². The third-order valence-corrected chi connectivity index (χ3v) is 3.63. The second-order valence-corrected chi connectivity index (χ2v) is 5.02. The zero-order valence-electron chi connectivity index (χ0n) is 10.7. The van der Waals surface area contributed by atoms with Gasteiger partial charge in [0.2, 0.25) is 0 Å². The van der Waals surface area contributed by atoms with Gasteiger partial charge in [-0.15, -0.1) is 0 Å². The minimum Gasteiger partial charge on any atom is -0.269 e. The molecule has 0 saturated carbocycles. The summed E-state index contributed by atoms with van der Waals surface area (Å²) in [5, 5.41) is 4.80. The maximum atomic E-state index is 4.80. The number of aromatic nitrogens is 2. The van der Waals surface area contributed by atoms with Crippen LogP contribution in [-0.4, -0.2) is 9.78 Å². The Kier molecular flexibility index (Phi) is 4.03. The lowest BCUT2D eigenvalue weighted by atomic mass is 9.94. The molecule has 1 aliphatic heterocycles. The fourth-order valence-electron chi connectivity index (χ4n) is 2.78. The van der Waals surface area contributed by atoms with Crippen LogP contribution in [0.4, 0.5) is 0 Å². The number of fused-ring (bicyclic) bond motifs is 1. The summed E-state index contributed by atoms with van der Waals surface area (Å²) in [6.45, 7) is 5.69. The summed E-state index contributed by atoms with van der Waals surface area (Å²) in [7, 11) is 0. The number of aryl methyl sites for hydroxylation is 2. The molecule has 2 heteroatoms. The second-order valence-electron chi connectivity index (χ2n) is 5.02. The summed E-state index contributed by atoms with van der Waals surface area (Å²) in [4.78, 5) is 0. The molecule has 1 aliphatic rings. The van der Waals surface area contributed by atoms with Gasteiger partial charge in [0.15, 0.2) is 0 Å². The van der Waals surface area contributed by atoms with Crippen LogP contribution in [0.25, 0.3) is 0 Å². The van der Waals surface area contributed by atoms with Crippen molar-refractivity contribution in [1.82, 2.24) is 9.78 Å². The highest BCUT2D eigenvalue weighted by molar-refractivity contribution is 5.16. The van der Waals surface area contributed by atoms with Crippen molar-refractivity contribution < 1.29 is 0 Å². The Balaban J connectivity index is 2.14. The molecule has 0 aromatic carbocycles. The van der Waals surface area contributed by atoms with Crippen LogP contribution in [-0.2, 0) is 13.0 Å². The number of nitrogens with zero attached hydrogens (tertiary/aromatic N) is 2. The van der Waals surface area contributed by atoms with Crippen molar-refractivity contribution in [2.75, 3.05) is 0 Å². The highest BCUT2D eigenvalue weighted by atomic mass is 15.3. The first-order chi connectivity index (χ1) is 7.85. The van der Waals surface area contributed by atoms with Gasteiger partial charge in [0.25, 0.3) is 0 Å². The number of hydrogen-bond acceptors (Lipinski definition) is 1. The van der Waals surface area contributed by atoms with E-state index >= 15 is 0 Å². The molecule has 0 saturated heterocycles. The van der Waals surface area contributed by atoms with Crippen molar-refractivity contribution in [2.45, 2.75) is 71.3 Å². The van der Waals surface area contributed by atoms with Gasteiger partial charge in [-0.2, -0.15) is 5.10 Å². The molecule has 0 unspecified atom stereocenters. The monoisotopic (exact) mass is 220 g/mol. The van der Waals surface area contributed by atoms with E-state index < -0.39 is 0 Å². The van der Waals surface area contributed by atoms with Crippen LogP contribution >= 0.6 is 0 Å². The first-order valence-electron chi connectivity index (χ1n) is 6.91. The summed E-state index contributed by atoms with van der Waals surface area (Å²) in [6, 6.07) is 2.37. The first kappa shape index (κ1) is 11.7. The lowest BCUT2D eigenvalue weighted by molar-refractivity contribution is 0.472. The molecule has 0 radical (unpaired) electrons. The Morgan fingerprint density at radius 3 is 2.62 bits per heavy atom. The average molecular weight is 220 g/mol. The van der Waals surface area contributed by atoms with E-state index in [1.54, 1.807) is 0 Å².